The second-order valence-corrected chi connectivity index (χ2v) is 7.16. The minimum atomic E-state index is 0.327. The lowest BCUT2D eigenvalue weighted by molar-refractivity contribution is 0.492. The summed E-state index contributed by atoms with van der Waals surface area (Å²) < 4.78 is 0. The number of hydrogen-bond donors (Lipinski definition) is 4. The highest BCUT2D eigenvalue weighted by Crippen LogP contribution is 2.13. The molecule has 4 nitrogen and oxygen atoms in total. The largest absolute Gasteiger partial charge is 0.359 e. The van der Waals surface area contributed by atoms with Gasteiger partial charge in [0.25, 0.3) is 0 Å². The van der Waals surface area contributed by atoms with Crippen molar-refractivity contribution in [3.05, 3.63) is 29.3 Å². The van der Waals surface area contributed by atoms with Crippen molar-refractivity contribution in [1.29, 1.82) is 0 Å². The predicted octanol–water partition coefficient (Wildman–Crippen LogP) is 4.22. The molecule has 0 aliphatic carbocycles. The highest BCUT2D eigenvalue weighted by molar-refractivity contribution is 7.80. The summed E-state index contributed by atoms with van der Waals surface area (Å²) in [5.74, 6) is 0.741. The fourth-order valence-electron chi connectivity index (χ4n) is 1.97. The molecule has 0 amide bonds. The van der Waals surface area contributed by atoms with Crippen LogP contribution in [0.25, 0.3) is 0 Å². The Hall–Kier alpha value is -1.11. The first-order chi connectivity index (χ1) is 10.9. The molecule has 0 heterocycles. The first kappa shape index (κ1) is 19.9. The van der Waals surface area contributed by atoms with Crippen molar-refractivity contribution >= 4 is 51.9 Å². The molecule has 23 heavy (non-hydrogen) atoms. The van der Waals surface area contributed by atoms with Crippen LogP contribution in [0.5, 0.6) is 0 Å². The predicted molar refractivity (Wildman–Crippen MR) is 108 cm³/mol. The van der Waals surface area contributed by atoms with E-state index >= 15 is 0 Å². The quantitative estimate of drug-likeness (QED) is 0.443. The third kappa shape index (κ3) is 9.58. The lowest BCUT2D eigenvalue weighted by Gasteiger charge is -2.18. The van der Waals surface area contributed by atoms with Gasteiger partial charge in [-0.25, -0.2) is 0 Å². The van der Waals surface area contributed by atoms with Crippen molar-refractivity contribution < 1.29 is 0 Å². The van der Waals surface area contributed by atoms with Gasteiger partial charge in [-0.1, -0.05) is 38.3 Å². The lowest BCUT2D eigenvalue weighted by atomic mass is 10.0. The normalized spacial score (nSPS) is 11.7. The van der Waals surface area contributed by atoms with Gasteiger partial charge in [0.1, 0.15) is 0 Å². The molecular weight excluding hydrogens is 348 g/mol. The lowest BCUT2D eigenvalue weighted by Crippen LogP contribution is -2.50. The summed E-state index contributed by atoms with van der Waals surface area (Å²) in [6.07, 6.45) is 3.52. The van der Waals surface area contributed by atoms with Crippen molar-refractivity contribution in [1.82, 2.24) is 16.2 Å². The van der Waals surface area contributed by atoms with Gasteiger partial charge in [-0.15, -0.1) is 0 Å². The summed E-state index contributed by atoms with van der Waals surface area (Å²) >= 11 is 16.3. The Bertz CT molecular complexity index is 505. The number of halogens is 1. The van der Waals surface area contributed by atoms with Crippen LogP contribution in [0.2, 0.25) is 5.02 Å². The molecule has 0 aliphatic heterocycles. The molecule has 0 bridgehead atoms. The molecule has 0 saturated heterocycles. The smallest absolute Gasteiger partial charge is 0.189 e. The highest BCUT2D eigenvalue weighted by atomic mass is 35.5. The van der Waals surface area contributed by atoms with Crippen LogP contribution in [0.1, 0.15) is 40.0 Å². The number of hydrazine groups is 1. The summed E-state index contributed by atoms with van der Waals surface area (Å²) in [5.41, 5.74) is 6.60. The third-order valence-corrected chi connectivity index (χ3v) is 3.86. The van der Waals surface area contributed by atoms with E-state index in [0.29, 0.717) is 21.3 Å². The van der Waals surface area contributed by atoms with E-state index in [2.05, 4.69) is 42.3 Å². The second kappa shape index (κ2) is 10.6. The van der Waals surface area contributed by atoms with Crippen molar-refractivity contribution in [2.45, 2.75) is 46.1 Å². The van der Waals surface area contributed by atoms with Gasteiger partial charge in [0.15, 0.2) is 10.2 Å². The zero-order valence-electron chi connectivity index (χ0n) is 13.8. The van der Waals surface area contributed by atoms with Gasteiger partial charge >= 0.3 is 0 Å². The molecule has 1 atom stereocenters. The number of hydrogen-bond acceptors (Lipinski definition) is 2. The molecule has 1 rings (SSSR count). The molecule has 1 aromatic carbocycles. The number of nitrogens with one attached hydrogen (secondary N) is 4. The minimum Gasteiger partial charge on any atom is -0.359 e. The van der Waals surface area contributed by atoms with Crippen molar-refractivity contribution in [2.24, 2.45) is 5.92 Å². The Morgan fingerprint density at radius 1 is 1.00 bits per heavy atom. The summed E-state index contributed by atoms with van der Waals surface area (Å²) in [4.78, 5) is 0. The van der Waals surface area contributed by atoms with E-state index in [9.17, 15) is 0 Å². The van der Waals surface area contributed by atoms with Gasteiger partial charge < -0.3 is 10.6 Å². The average Bonchev–Trinajstić information content (AvgIpc) is 2.47. The zero-order chi connectivity index (χ0) is 17.2. The van der Waals surface area contributed by atoms with E-state index in [-0.39, 0.29) is 0 Å². The van der Waals surface area contributed by atoms with Crippen LogP contribution in [-0.4, -0.2) is 16.3 Å². The van der Waals surface area contributed by atoms with Crippen LogP contribution in [0.4, 0.5) is 5.69 Å². The van der Waals surface area contributed by atoms with E-state index in [1.54, 1.807) is 12.1 Å². The Morgan fingerprint density at radius 2 is 1.61 bits per heavy atom. The van der Waals surface area contributed by atoms with Gasteiger partial charge in [-0.05, 0) is 68.0 Å². The van der Waals surface area contributed by atoms with Gasteiger partial charge in [0.05, 0.1) is 0 Å². The molecule has 0 aromatic heterocycles. The maximum absolute atomic E-state index is 5.84. The van der Waals surface area contributed by atoms with Crippen LogP contribution in [0.15, 0.2) is 24.3 Å². The van der Waals surface area contributed by atoms with E-state index in [0.717, 1.165) is 18.0 Å². The zero-order valence-corrected chi connectivity index (χ0v) is 16.2. The Morgan fingerprint density at radius 3 is 2.22 bits per heavy atom. The SMILES string of the molecule is CC(C)CCC[C@@H](C)NC(=S)NNC(=S)Nc1ccc(Cl)cc1. The molecule has 0 fully saturated rings. The number of rotatable bonds is 6. The van der Waals surface area contributed by atoms with Crippen molar-refractivity contribution in [2.75, 3.05) is 5.32 Å². The van der Waals surface area contributed by atoms with E-state index in [1.165, 1.54) is 12.8 Å². The molecule has 0 spiro atoms. The van der Waals surface area contributed by atoms with Gasteiger partial charge in [0.2, 0.25) is 0 Å². The van der Waals surface area contributed by atoms with Crippen molar-refractivity contribution in [3.8, 4) is 0 Å². The minimum absolute atomic E-state index is 0.327. The summed E-state index contributed by atoms with van der Waals surface area (Å²) in [5, 5.41) is 7.92. The van der Waals surface area contributed by atoms with E-state index < -0.39 is 0 Å². The monoisotopic (exact) mass is 372 g/mol. The molecule has 0 saturated carbocycles. The summed E-state index contributed by atoms with van der Waals surface area (Å²) in [6, 6.07) is 7.62. The first-order valence-electron chi connectivity index (χ1n) is 7.76. The van der Waals surface area contributed by atoms with Crippen molar-refractivity contribution in [3.63, 3.8) is 0 Å². The highest BCUT2D eigenvalue weighted by Gasteiger charge is 2.05. The maximum Gasteiger partial charge on any atom is 0.189 e. The third-order valence-electron chi connectivity index (χ3n) is 3.19. The maximum atomic E-state index is 5.84. The Labute approximate surface area is 154 Å². The topological polar surface area (TPSA) is 48.1 Å². The second-order valence-electron chi connectivity index (χ2n) is 5.91. The van der Waals surface area contributed by atoms with Gasteiger partial charge in [-0.3, -0.25) is 10.9 Å². The molecular formula is C16H25ClN4S2. The van der Waals surface area contributed by atoms with E-state index in [1.807, 2.05) is 12.1 Å². The summed E-state index contributed by atoms with van der Waals surface area (Å²) in [6.45, 7) is 6.60. The van der Waals surface area contributed by atoms with Gasteiger partial charge in [-0.2, -0.15) is 0 Å². The standard InChI is InChI=1S/C16H25ClN4S2/c1-11(2)5-4-6-12(3)18-15(22)20-21-16(23)19-14-9-7-13(17)8-10-14/h7-12H,4-6H2,1-3H3,(H2,18,20,22)(H2,19,21,23)/t12-/m1/s1. The molecule has 0 radical (unpaired) electrons. The van der Waals surface area contributed by atoms with Crippen LogP contribution >= 0.6 is 36.0 Å². The average molecular weight is 373 g/mol. The number of anilines is 1. The fourth-order valence-corrected chi connectivity index (χ4v) is 2.52. The van der Waals surface area contributed by atoms with Crippen LogP contribution in [0.3, 0.4) is 0 Å². The van der Waals surface area contributed by atoms with E-state index in [4.69, 9.17) is 36.0 Å². The first-order valence-corrected chi connectivity index (χ1v) is 8.95. The summed E-state index contributed by atoms with van der Waals surface area (Å²) in [7, 11) is 0. The molecule has 4 N–H and O–H groups in total. The fraction of sp³-hybridized carbons (Fsp3) is 0.500. The Balaban J connectivity index is 2.21. The van der Waals surface area contributed by atoms with Crippen LogP contribution in [0, 0.1) is 5.92 Å². The molecule has 0 unspecified atom stereocenters. The molecule has 1 aromatic rings. The number of benzene rings is 1. The molecule has 7 heteroatoms. The molecule has 0 aliphatic rings. The van der Waals surface area contributed by atoms with Crippen LogP contribution < -0.4 is 21.5 Å². The number of thiocarbonyl (C=S) groups is 2. The van der Waals surface area contributed by atoms with Gasteiger partial charge in [0, 0.05) is 16.8 Å². The molecule has 128 valence electrons. The Kier molecular flexibility index (Phi) is 9.21. The van der Waals surface area contributed by atoms with Crippen LogP contribution in [-0.2, 0) is 0 Å².